The highest BCUT2D eigenvalue weighted by atomic mass is 19.1. The number of amides is 2. The van der Waals surface area contributed by atoms with Gasteiger partial charge in [0.1, 0.15) is 6.04 Å². The number of primary amides is 1. The molecular weight excluding hydrogens is 281 g/mol. The summed E-state index contributed by atoms with van der Waals surface area (Å²) in [5.41, 5.74) is 4.84. The summed E-state index contributed by atoms with van der Waals surface area (Å²) in [7, 11) is 0. The Labute approximate surface area is 120 Å². The summed E-state index contributed by atoms with van der Waals surface area (Å²) in [5.74, 6) is -2.44. The summed E-state index contributed by atoms with van der Waals surface area (Å²) in [6.07, 6.45) is -0.0467. The molecule has 3 N–H and O–H groups in total. The minimum atomic E-state index is -1.01. The maximum atomic E-state index is 13.2. The Kier molecular flexibility index (Phi) is 5.34. The van der Waals surface area contributed by atoms with Crippen LogP contribution in [-0.4, -0.2) is 22.8 Å². The largest absolute Gasteiger partial charge is 0.368 e. The average Bonchev–Trinajstić information content (AvgIpc) is 2.39. The zero-order chi connectivity index (χ0) is 16.2. The molecule has 0 unspecified atom stereocenters. The van der Waals surface area contributed by atoms with Gasteiger partial charge >= 0.3 is 5.69 Å². The third kappa shape index (κ3) is 4.51. The minimum absolute atomic E-state index is 0.0467. The number of rotatable bonds is 6. The molecule has 1 rings (SSSR count). The smallest absolute Gasteiger partial charge is 0.305 e. The Morgan fingerprint density at radius 2 is 2.05 bits per heavy atom. The van der Waals surface area contributed by atoms with E-state index in [1.165, 1.54) is 6.07 Å². The van der Waals surface area contributed by atoms with Gasteiger partial charge in [0.05, 0.1) is 4.92 Å². The first kappa shape index (κ1) is 16.5. The zero-order valence-corrected chi connectivity index (χ0v) is 11.6. The average molecular weight is 297 g/mol. The molecule has 2 amide bonds. The van der Waals surface area contributed by atoms with Crippen LogP contribution in [0.3, 0.4) is 0 Å². The molecule has 8 heteroatoms. The van der Waals surface area contributed by atoms with E-state index in [2.05, 4.69) is 5.32 Å². The number of nitrogens with one attached hydrogen (secondary N) is 1. The number of nitrogens with zero attached hydrogens (tertiary/aromatic N) is 1. The van der Waals surface area contributed by atoms with Gasteiger partial charge in [-0.15, -0.1) is 0 Å². The number of carbonyl (C=O) groups excluding carboxylic acids is 2. The van der Waals surface area contributed by atoms with E-state index < -0.39 is 28.4 Å². The van der Waals surface area contributed by atoms with Crippen molar-refractivity contribution in [2.45, 2.75) is 26.3 Å². The Balaban J connectivity index is 2.94. The first-order valence-corrected chi connectivity index (χ1v) is 6.25. The summed E-state index contributed by atoms with van der Waals surface area (Å²) in [4.78, 5) is 32.7. The zero-order valence-electron chi connectivity index (χ0n) is 11.6. The first-order valence-electron chi connectivity index (χ1n) is 6.25. The van der Waals surface area contributed by atoms with Crippen LogP contribution in [0.1, 0.15) is 19.4 Å². The Morgan fingerprint density at radius 1 is 1.43 bits per heavy atom. The van der Waals surface area contributed by atoms with E-state index in [1.807, 2.05) is 0 Å². The van der Waals surface area contributed by atoms with Crippen molar-refractivity contribution in [1.82, 2.24) is 5.32 Å². The van der Waals surface area contributed by atoms with E-state index in [1.54, 1.807) is 13.8 Å². The van der Waals surface area contributed by atoms with E-state index in [0.29, 0.717) is 5.56 Å². The number of hydrogen-bond acceptors (Lipinski definition) is 4. The molecule has 1 atom stereocenters. The lowest BCUT2D eigenvalue weighted by molar-refractivity contribution is -0.387. The summed E-state index contributed by atoms with van der Waals surface area (Å²) in [5, 5.41) is 13.1. The van der Waals surface area contributed by atoms with Crippen molar-refractivity contribution in [2.75, 3.05) is 0 Å². The van der Waals surface area contributed by atoms with Crippen LogP contribution in [0.25, 0.3) is 0 Å². The van der Waals surface area contributed by atoms with E-state index in [4.69, 9.17) is 5.73 Å². The molecule has 0 spiro atoms. The SMILES string of the molecule is CC(C)C(=O)N[C@H](Cc1ccc(F)c([N+](=O)[O-])c1)C(N)=O. The van der Waals surface area contributed by atoms with Crippen molar-refractivity contribution in [2.24, 2.45) is 11.7 Å². The molecule has 0 saturated heterocycles. The van der Waals surface area contributed by atoms with Gasteiger partial charge in [-0.2, -0.15) is 4.39 Å². The lowest BCUT2D eigenvalue weighted by Crippen LogP contribution is -2.47. The monoisotopic (exact) mass is 297 g/mol. The number of benzene rings is 1. The van der Waals surface area contributed by atoms with Gasteiger partial charge in [0.25, 0.3) is 0 Å². The molecule has 0 fully saturated rings. The third-order valence-corrected chi connectivity index (χ3v) is 2.83. The van der Waals surface area contributed by atoms with Crippen LogP contribution in [-0.2, 0) is 16.0 Å². The maximum absolute atomic E-state index is 13.2. The molecule has 114 valence electrons. The van der Waals surface area contributed by atoms with E-state index in [0.717, 1.165) is 12.1 Å². The summed E-state index contributed by atoms with van der Waals surface area (Å²) in [6, 6.07) is 2.26. The summed E-state index contributed by atoms with van der Waals surface area (Å²) >= 11 is 0. The molecule has 0 saturated carbocycles. The Bertz CT molecular complexity index is 575. The standard InChI is InChI=1S/C13H16FN3O4/c1-7(2)13(19)16-10(12(15)18)5-8-3-4-9(14)11(6-8)17(20)21/h3-4,6-7,10H,5H2,1-2H3,(H2,15,18)(H,16,19)/t10-/m1/s1. The number of carbonyl (C=O) groups is 2. The second-order valence-electron chi connectivity index (χ2n) is 4.87. The fourth-order valence-electron chi connectivity index (χ4n) is 1.62. The first-order chi connectivity index (χ1) is 9.72. The van der Waals surface area contributed by atoms with Crippen molar-refractivity contribution in [3.05, 3.63) is 39.7 Å². The molecule has 1 aromatic rings. The molecule has 0 aromatic heterocycles. The van der Waals surface area contributed by atoms with Crippen LogP contribution in [0.5, 0.6) is 0 Å². The highest BCUT2D eigenvalue weighted by Gasteiger charge is 2.22. The molecule has 7 nitrogen and oxygen atoms in total. The van der Waals surface area contributed by atoms with Gasteiger partial charge in [-0.1, -0.05) is 19.9 Å². The highest BCUT2D eigenvalue weighted by Crippen LogP contribution is 2.19. The Morgan fingerprint density at radius 3 is 2.52 bits per heavy atom. The lowest BCUT2D eigenvalue weighted by atomic mass is 10.0. The van der Waals surface area contributed by atoms with Gasteiger partial charge in [0.15, 0.2) is 0 Å². The second kappa shape index (κ2) is 6.78. The molecule has 21 heavy (non-hydrogen) atoms. The molecule has 0 bridgehead atoms. The Hall–Kier alpha value is -2.51. The summed E-state index contributed by atoms with van der Waals surface area (Å²) in [6.45, 7) is 3.30. The van der Waals surface area contributed by atoms with Crippen molar-refractivity contribution in [3.63, 3.8) is 0 Å². The number of halogens is 1. The van der Waals surface area contributed by atoms with Crippen LogP contribution in [0, 0.1) is 21.8 Å². The van der Waals surface area contributed by atoms with E-state index in [-0.39, 0.29) is 18.2 Å². The molecule has 0 heterocycles. The molecular formula is C13H16FN3O4. The number of nitro groups is 1. The lowest BCUT2D eigenvalue weighted by Gasteiger charge is -2.17. The van der Waals surface area contributed by atoms with E-state index >= 15 is 0 Å². The van der Waals surface area contributed by atoms with Gasteiger partial charge in [-0.25, -0.2) is 0 Å². The van der Waals surface area contributed by atoms with Crippen molar-refractivity contribution >= 4 is 17.5 Å². The molecule has 0 aliphatic carbocycles. The second-order valence-corrected chi connectivity index (χ2v) is 4.87. The van der Waals surface area contributed by atoms with Gasteiger partial charge in [0, 0.05) is 18.4 Å². The van der Waals surface area contributed by atoms with Gasteiger partial charge in [-0.05, 0) is 11.6 Å². The molecule has 1 aromatic carbocycles. The minimum Gasteiger partial charge on any atom is -0.368 e. The van der Waals surface area contributed by atoms with Crippen molar-refractivity contribution in [1.29, 1.82) is 0 Å². The fraction of sp³-hybridized carbons (Fsp3) is 0.385. The number of hydrogen-bond donors (Lipinski definition) is 2. The molecule has 0 aliphatic heterocycles. The fourth-order valence-corrected chi connectivity index (χ4v) is 1.62. The van der Waals surface area contributed by atoms with Gasteiger partial charge in [0.2, 0.25) is 17.6 Å². The van der Waals surface area contributed by atoms with Crippen LogP contribution in [0.15, 0.2) is 18.2 Å². The van der Waals surface area contributed by atoms with Gasteiger partial charge < -0.3 is 11.1 Å². The highest BCUT2D eigenvalue weighted by molar-refractivity contribution is 5.87. The topological polar surface area (TPSA) is 115 Å². The normalized spacial score (nSPS) is 12.0. The predicted octanol–water partition coefficient (Wildman–Crippen LogP) is 0.902. The van der Waals surface area contributed by atoms with Crippen LogP contribution in [0.2, 0.25) is 0 Å². The van der Waals surface area contributed by atoms with Crippen molar-refractivity contribution in [3.8, 4) is 0 Å². The summed E-state index contributed by atoms with van der Waals surface area (Å²) < 4.78 is 13.2. The molecule has 0 radical (unpaired) electrons. The molecule has 0 aliphatic rings. The van der Waals surface area contributed by atoms with Crippen LogP contribution < -0.4 is 11.1 Å². The number of nitro benzene ring substituents is 1. The predicted molar refractivity (Wildman–Crippen MR) is 72.7 cm³/mol. The van der Waals surface area contributed by atoms with Crippen LogP contribution >= 0.6 is 0 Å². The quantitative estimate of drug-likeness (QED) is 0.599. The van der Waals surface area contributed by atoms with Gasteiger partial charge in [-0.3, -0.25) is 19.7 Å². The van der Waals surface area contributed by atoms with Crippen LogP contribution in [0.4, 0.5) is 10.1 Å². The maximum Gasteiger partial charge on any atom is 0.305 e. The number of nitrogens with two attached hydrogens (primary N) is 1. The third-order valence-electron chi connectivity index (χ3n) is 2.83. The van der Waals surface area contributed by atoms with Crippen molar-refractivity contribution < 1.29 is 18.9 Å². The van der Waals surface area contributed by atoms with E-state index in [9.17, 15) is 24.1 Å².